The Morgan fingerprint density at radius 1 is 1.47 bits per heavy atom. The van der Waals surface area contributed by atoms with Gasteiger partial charge in [0, 0.05) is 26.7 Å². The van der Waals surface area contributed by atoms with Crippen molar-refractivity contribution >= 4 is 5.91 Å². The number of likely N-dealkylation sites (N-methyl/N-ethyl adjacent to an activating group) is 1. The first-order valence-electron chi connectivity index (χ1n) is 6.41. The topological polar surface area (TPSA) is 55.6 Å². The lowest BCUT2D eigenvalue weighted by atomic mass is 9.75. The van der Waals surface area contributed by atoms with Crippen LogP contribution in [0.3, 0.4) is 0 Å². The van der Waals surface area contributed by atoms with Gasteiger partial charge in [0.1, 0.15) is 6.10 Å². The number of amides is 1. The van der Waals surface area contributed by atoms with Gasteiger partial charge in [-0.25, -0.2) is 0 Å². The van der Waals surface area contributed by atoms with Crippen LogP contribution in [0.1, 0.15) is 39.5 Å². The molecule has 100 valence electrons. The van der Waals surface area contributed by atoms with E-state index in [0.717, 1.165) is 12.8 Å². The van der Waals surface area contributed by atoms with Crippen molar-refractivity contribution in [3.8, 4) is 0 Å². The van der Waals surface area contributed by atoms with Gasteiger partial charge in [0.2, 0.25) is 0 Å². The summed E-state index contributed by atoms with van der Waals surface area (Å²) < 4.78 is 5.10. The fourth-order valence-electron chi connectivity index (χ4n) is 2.48. The summed E-state index contributed by atoms with van der Waals surface area (Å²) in [6.45, 7) is 4.84. The highest BCUT2D eigenvalue weighted by Crippen LogP contribution is 2.36. The van der Waals surface area contributed by atoms with E-state index in [4.69, 9.17) is 10.5 Å². The molecule has 2 N–H and O–H groups in total. The summed E-state index contributed by atoms with van der Waals surface area (Å²) in [6, 6.07) is 0.347. The standard InChI is InChI=1S/C13H26N2O2/c1-13(2)7-5-10(6-8-13)15(3)12(16)11(9-14)17-4/h10-11H,5-9,14H2,1-4H3. The van der Waals surface area contributed by atoms with Crippen molar-refractivity contribution in [2.45, 2.75) is 51.7 Å². The predicted molar refractivity (Wildman–Crippen MR) is 68.7 cm³/mol. The zero-order chi connectivity index (χ0) is 13.1. The number of carbonyl (C=O) groups excluding carboxylic acids is 1. The number of methoxy groups -OCH3 is 1. The molecule has 1 rings (SSSR count). The Morgan fingerprint density at radius 3 is 2.41 bits per heavy atom. The average Bonchev–Trinajstić information content (AvgIpc) is 2.29. The molecule has 0 saturated heterocycles. The highest BCUT2D eigenvalue weighted by molar-refractivity contribution is 5.81. The molecular weight excluding hydrogens is 216 g/mol. The zero-order valence-corrected chi connectivity index (χ0v) is 11.5. The van der Waals surface area contributed by atoms with Gasteiger partial charge < -0.3 is 15.4 Å². The summed E-state index contributed by atoms with van der Waals surface area (Å²) in [4.78, 5) is 13.9. The molecule has 0 aromatic heterocycles. The van der Waals surface area contributed by atoms with Crippen molar-refractivity contribution in [2.75, 3.05) is 20.7 Å². The Balaban J connectivity index is 2.53. The Kier molecular flexibility index (Phi) is 4.95. The van der Waals surface area contributed by atoms with Crippen LogP contribution < -0.4 is 5.73 Å². The maximum atomic E-state index is 12.1. The van der Waals surface area contributed by atoms with Gasteiger partial charge in [-0.1, -0.05) is 13.8 Å². The van der Waals surface area contributed by atoms with Crippen LogP contribution in [0.2, 0.25) is 0 Å². The third-order valence-corrected chi connectivity index (χ3v) is 3.98. The van der Waals surface area contributed by atoms with Crippen molar-refractivity contribution in [1.29, 1.82) is 0 Å². The number of nitrogens with zero attached hydrogens (tertiary/aromatic N) is 1. The maximum absolute atomic E-state index is 12.1. The summed E-state index contributed by atoms with van der Waals surface area (Å²) in [5, 5.41) is 0. The minimum atomic E-state index is -0.491. The van der Waals surface area contributed by atoms with Gasteiger partial charge in [-0.2, -0.15) is 0 Å². The molecule has 1 aliphatic rings. The van der Waals surface area contributed by atoms with Crippen LogP contribution in [0, 0.1) is 5.41 Å². The van der Waals surface area contributed by atoms with E-state index in [0.29, 0.717) is 11.5 Å². The average molecular weight is 242 g/mol. The van der Waals surface area contributed by atoms with E-state index >= 15 is 0 Å². The first-order valence-corrected chi connectivity index (χ1v) is 6.41. The lowest BCUT2D eigenvalue weighted by Gasteiger charge is -2.39. The summed E-state index contributed by atoms with van der Waals surface area (Å²) in [7, 11) is 3.40. The molecule has 17 heavy (non-hydrogen) atoms. The molecule has 0 radical (unpaired) electrons. The molecule has 1 fully saturated rings. The second-order valence-corrected chi connectivity index (χ2v) is 5.80. The van der Waals surface area contributed by atoms with Crippen molar-refractivity contribution in [2.24, 2.45) is 11.1 Å². The summed E-state index contributed by atoms with van der Waals surface area (Å²) in [5.41, 5.74) is 5.95. The molecule has 0 aromatic carbocycles. The first kappa shape index (κ1) is 14.5. The minimum absolute atomic E-state index is 0.0136. The highest BCUT2D eigenvalue weighted by atomic mass is 16.5. The third kappa shape index (κ3) is 3.68. The molecule has 0 heterocycles. The van der Waals surface area contributed by atoms with Crippen LogP contribution in [-0.2, 0) is 9.53 Å². The highest BCUT2D eigenvalue weighted by Gasteiger charge is 2.32. The molecule has 0 spiro atoms. The number of hydrogen-bond acceptors (Lipinski definition) is 3. The van der Waals surface area contributed by atoms with Crippen LogP contribution >= 0.6 is 0 Å². The summed E-state index contributed by atoms with van der Waals surface area (Å²) in [5.74, 6) is 0.0136. The van der Waals surface area contributed by atoms with Gasteiger partial charge >= 0.3 is 0 Å². The fraction of sp³-hybridized carbons (Fsp3) is 0.923. The third-order valence-electron chi connectivity index (χ3n) is 3.98. The van der Waals surface area contributed by atoms with Gasteiger partial charge in [-0.05, 0) is 31.1 Å². The number of rotatable bonds is 4. The molecule has 1 aliphatic carbocycles. The molecule has 1 amide bonds. The molecule has 4 heteroatoms. The number of hydrogen-bond donors (Lipinski definition) is 1. The molecule has 0 aromatic rings. The fourth-order valence-corrected chi connectivity index (χ4v) is 2.48. The van der Waals surface area contributed by atoms with Gasteiger partial charge in [0.25, 0.3) is 5.91 Å². The number of ether oxygens (including phenoxy) is 1. The Bertz CT molecular complexity index is 252. The van der Waals surface area contributed by atoms with E-state index in [2.05, 4.69) is 13.8 Å². The Morgan fingerprint density at radius 2 is 2.00 bits per heavy atom. The van der Waals surface area contributed by atoms with E-state index in [9.17, 15) is 4.79 Å². The normalized spacial score (nSPS) is 22.2. The van der Waals surface area contributed by atoms with E-state index in [1.807, 2.05) is 11.9 Å². The second kappa shape index (κ2) is 5.83. The first-order chi connectivity index (χ1) is 7.91. The van der Waals surface area contributed by atoms with E-state index < -0.39 is 6.10 Å². The van der Waals surface area contributed by atoms with Gasteiger partial charge in [0.05, 0.1) is 0 Å². The largest absolute Gasteiger partial charge is 0.370 e. The Hall–Kier alpha value is -0.610. The van der Waals surface area contributed by atoms with Crippen molar-refractivity contribution in [3.05, 3.63) is 0 Å². The van der Waals surface area contributed by atoms with Crippen molar-refractivity contribution < 1.29 is 9.53 Å². The van der Waals surface area contributed by atoms with Crippen molar-refractivity contribution in [3.63, 3.8) is 0 Å². The van der Waals surface area contributed by atoms with Gasteiger partial charge in [-0.3, -0.25) is 4.79 Å². The quantitative estimate of drug-likeness (QED) is 0.810. The molecule has 0 bridgehead atoms. The molecule has 1 atom stereocenters. The smallest absolute Gasteiger partial charge is 0.252 e. The molecule has 0 aliphatic heterocycles. The van der Waals surface area contributed by atoms with E-state index in [1.165, 1.54) is 20.0 Å². The monoisotopic (exact) mass is 242 g/mol. The number of nitrogens with two attached hydrogens (primary N) is 1. The Labute approximate surface area is 104 Å². The van der Waals surface area contributed by atoms with Crippen LogP contribution in [0.4, 0.5) is 0 Å². The molecule has 1 unspecified atom stereocenters. The van der Waals surface area contributed by atoms with Crippen LogP contribution in [0.5, 0.6) is 0 Å². The minimum Gasteiger partial charge on any atom is -0.370 e. The zero-order valence-electron chi connectivity index (χ0n) is 11.5. The van der Waals surface area contributed by atoms with E-state index in [1.54, 1.807) is 0 Å². The molecule has 1 saturated carbocycles. The molecule has 4 nitrogen and oxygen atoms in total. The SMILES string of the molecule is COC(CN)C(=O)N(C)C1CCC(C)(C)CC1. The van der Waals surface area contributed by atoms with Crippen LogP contribution in [0.25, 0.3) is 0 Å². The van der Waals surface area contributed by atoms with Crippen molar-refractivity contribution in [1.82, 2.24) is 4.90 Å². The van der Waals surface area contributed by atoms with Crippen LogP contribution in [0.15, 0.2) is 0 Å². The summed E-state index contributed by atoms with van der Waals surface area (Å²) >= 11 is 0. The summed E-state index contributed by atoms with van der Waals surface area (Å²) in [6.07, 6.45) is 4.02. The lowest BCUT2D eigenvalue weighted by Crippen LogP contribution is -2.48. The lowest BCUT2D eigenvalue weighted by molar-refractivity contribution is -0.143. The predicted octanol–water partition coefficient (Wildman–Crippen LogP) is 1.39. The van der Waals surface area contributed by atoms with Gasteiger partial charge in [0.15, 0.2) is 0 Å². The molecular formula is C13H26N2O2. The second-order valence-electron chi connectivity index (χ2n) is 5.80. The maximum Gasteiger partial charge on any atom is 0.252 e. The van der Waals surface area contributed by atoms with Crippen LogP contribution in [-0.4, -0.2) is 43.7 Å². The van der Waals surface area contributed by atoms with E-state index in [-0.39, 0.29) is 12.5 Å². The van der Waals surface area contributed by atoms with Gasteiger partial charge in [-0.15, -0.1) is 0 Å². The number of carbonyl (C=O) groups is 1.